The molecule has 0 unspecified atom stereocenters. The van der Waals surface area contributed by atoms with Crippen molar-refractivity contribution in [2.75, 3.05) is 49.1 Å². The molecule has 10 heteroatoms. The number of anilines is 2. The lowest BCUT2D eigenvalue weighted by Gasteiger charge is -2.26. The molecule has 0 saturated carbocycles. The second-order valence-electron chi connectivity index (χ2n) is 8.55. The summed E-state index contributed by atoms with van der Waals surface area (Å²) in [4.78, 5) is 18.2. The van der Waals surface area contributed by atoms with E-state index in [0.29, 0.717) is 49.4 Å². The van der Waals surface area contributed by atoms with Crippen molar-refractivity contribution in [2.45, 2.75) is 38.0 Å². The molecule has 0 atom stereocenters. The number of benzene rings is 2. The molecular weight excluding hydrogens is 448 g/mol. The molecule has 0 radical (unpaired) electrons. The van der Waals surface area contributed by atoms with E-state index in [1.54, 1.807) is 18.2 Å². The molecular formula is C23H25F6N3O. The largest absolute Gasteiger partial charge is 0.390 e. The molecule has 1 saturated heterocycles. The van der Waals surface area contributed by atoms with E-state index < -0.39 is 37.6 Å². The van der Waals surface area contributed by atoms with Gasteiger partial charge in [0.2, 0.25) is 0 Å². The van der Waals surface area contributed by atoms with Crippen LogP contribution in [0.5, 0.6) is 0 Å². The van der Waals surface area contributed by atoms with E-state index in [-0.39, 0.29) is 6.42 Å². The SMILES string of the molecule is O=C1c2cccc3c(N4CCCN(CCCC(F)(F)F)CC4)ccc(c23)N1CCC(F)(F)F. The average molecular weight is 473 g/mol. The number of rotatable bonds is 6. The van der Waals surface area contributed by atoms with Crippen LogP contribution < -0.4 is 9.80 Å². The Morgan fingerprint density at radius 1 is 0.788 bits per heavy atom. The number of carbonyl (C=O) groups excluding carboxylic acids is 1. The van der Waals surface area contributed by atoms with E-state index in [1.165, 1.54) is 4.90 Å². The number of nitrogens with zero attached hydrogens (tertiary/aromatic N) is 3. The van der Waals surface area contributed by atoms with E-state index >= 15 is 0 Å². The minimum Gasteiger partial charge on any atom is -0.370 e. The fourth-order valence-corrected chi connectivity index (χ4v) is 4.71. The maximum absolute atomic E-state index is 12.8. The van der Waals surface area contributed by atoms with E-state index in [2.05, 4.69) is 4.90 Å². The summed E-state index contributed by atoms with van der Waals surface area (Å²) in [7, 11) is 0. The zero-order valence-corrected chi connectivity index (χ0v) is 18.0. The lowest BCUT2D eigenvalue weighted by atomic mass is 10.0. The summed E-state index contributed by atoms with van der Waals surface area (Å²) in [5.74, 6) is -0.427. The van der Waals surface area contributed by atoms with Crippen LogP contribution in [0.25, 0.3) is 10.8 Å². The normalized spacial score (nSPS) is 17.8. The summed E-state index contributed by atoms with van der Waals surface area (Å²) in [6, 6.07) is 8.77. The van der Waals surface area contributed by atoms with E-state index in [1.807, 2.05) is 17.0 Å². The van der Waals surface area contributed by atoms with Gasteiger partial charge in [-0.3, -0.25) is 4.79 Å². The van der Waals surface area contributed by atoms with Gasteiger partial charge in [-0.15, -0.1) is 0 Å². The van der Waals surface area contributed by atoms with Crippen LogP contribution in [0, 0.1) is 0 Å². The number of hydrogen-bond donors (Lipinski definition) is 0. The quantitative estimate of drug-likeness (QED) is 0.511. The third kappa shape index (κ3) is 5.37. The lowest BCUT2D eigenvalue weighted by Crippen LogP contribution is -2.32. The fourth-order valence-electron chi connectivity index (χ4n) is 4.71. The highest BCUT2D eigenvalue weighted by atomic mass is 19.4. The van der Waals surface area contributed by atoms with Gasteiger partial charge in [0.25, 0.3) is 5.91 Å². The number of carbonyl (C=O) groups is 1. The van der Waals surface area contributed by atoms with Crippen molar-refractivity contribution in [3.8, 4) is 0 Å². The van der Waals surface area contributed by atoms with Gasteiger partial charge >= 0.3 is 12.4 Å². The van der Waals surface area contributed by atoms with Crippen LogP contribution in [-0.4, -0.2) is 62.4 Å². The molecule has 0 N–H and O–H groups in total. The van der Waals surface area contributed by atoms with Crippen LogP contribution in [-0.2, 0) is 0 Å². The molecule has 0 spiro atoms. The van der Waals surface area contributed by atoms with Gasteiger partial charge < -0.3 is 14.7 Å². The highest BCUT2D eigenvalue weighted by molar-refractivity contribution is 6.26. The molecule has 2 aromatic rings. The zero-order valence-electron chi connectivity index (χ0n) is 18.0. The van der Waals surface area contributed by atoms with Gasteiger partial charge in [-0.05, 0) is 44.1 Å². The molecule has 0 aliphatic carbocycles. The minimum atomic E-state index is -4.36. The summed E-state index contributed by atoms with van der Waals surface area (Å²) in [6.45, 7) is 2.62. The molecule has 4 nitrogen and oxygen atoms in total. The van der Waals surface area contributed by atoms with Crippen molar-refractivity contribution in [1.29, 1.82) is 0 Å². The van der Waals surface area contributed by atoms with E-state index in [9.17, 15) is 31.1 Å². The van der Waals surface area contributed by atoms with Gasteiger partial charge in [-0.25, -0.2) is 0 Å². The summed E-state index contributed by atoms with van der Waals surface area (Å²) in [6.07, 6.45) is -9.51. The molecule has 2 aliphatic rings. The summed E-state index contributed by atoms with van der Waals surface area (Å²) < 4.78 is 75.6. The molecule has 2 heterocycles. The van der Waals surface area contributed by atoms with Gasteiger partial charge in [0.1, 0.15) is 0 Å². The predicted octanol–water partition coefficient (Wildman–Crippen LogP) is 5.61. The first-order valence-corrected chi connectivity index (χ1v) is 11.0. The standard InChI is InChI=1S/C23H25F6N3O/c24-22(25,26)8-2-10-30-11-3-12-31(15-14-30)18-6-7-19-20-16(18)4-1-5-17(20)21(33)32(19)13-9-23(27,28)29/h1,4-7H,2-3,8-15H2. The summed E-state index contributed by atoms with van der Waals surface area (Å²) >= 11 is 0. The van der Waals surface area contributed by atoms with Crippen molar-refractivity contribution in [1.82, 2.24) is 4.90 Å². The number of alkyl halides is 6. The molecule has 0 bridgehead atoms. The van der Waals surface area contributed by atoms with Gasteiger partial charge in [0.15, 0.2) is 0 Å². The molecule has 2 aliphatic heterocycles. The Morgan fingerprint density at radius 2 is 1.52 bits per heavy atom. The molecule has 2 aromatic carbocycles. The Bertz CT molecular complexity index is 1020. The van der Waals surface area contributed by atoms with Crippen molar-refractivity contribution in [3.63, 3.8) is 0 Å². The summed E-state index contributed by atoms with van der Waals surface area (Å²) in [5.41, 5.74) is 1.77. The first kappa shape index (κ1) is 23.7. The Hall–Kier alpha value is -2.49. The van der Waals surface area contributed by atoms with Crippen LogP contribution in [0.1, 0.15) is 36.0 Å². The molecule has 1 amide bonds. The molecule has 180 valence electrons. The Morgan fingerprint density at radius 3 is 2.24 bits per heavy atom. The van der Waals surface area contributed by atoms with Crippen LogP contribution in [0.15, 0.2) is 30.3 Å². The predicted molar refractivity (Wildman–Crippen MR) is 115 cm³/mol. The van der Waals surface area contributed by atoms with Crippen molar-refractivity contribution < 1.29 is 31.1 Å². The maximum atomic E-state index is 12.8. The zero-order chi connectivity index (χ0) is 23.8. The van der Waals surface area contributed by atoms with Gasteiger partial charge in [-0.2, -0.15) is 26.3 Å². The smallest absolute Gasteiger partial charge is 0.370 e. The first-order valence-electron chi connectivity index (χ1n) is 11.0. The minimum absolute atomic E-state index is 0.0698. The molecule has 4 rings (SSSR count). The average Bonchev–Trinajstić information content (AvgIpc) is 2.87. The third-order valence-corrected chi connectivity index (χ3v) is 6.24. The topological polar surface area (TPSA) is 26.8 Å². The van der Waals surface area contributed by atoms with Crippen LogP contribution >= 0.6 is 0 Å². The molecule has 33 heavy (non-hydrogen) atoms. The van der Waals surface area contributed by atoms with Crippen LogP contribution in [0.3, 0.4) is 0 Å². The van der Waals surface area contributed by atoms with Crippen molar-refractivity contribution in [2.24, 2.45) is 0 Å². The van der Waals surface area contributed by atoms with Crippen molar-refractivity contribution in [3.05, 3.63) is 35.9 Å². The number of halogens is 6. The highest BCUT2D eigenvalue weighted by Crippen LogP contribution is 2.42. The lowest BCUT2D eigenvalue weighted by molar-refractivity contribution is -0.136. The Labute approximate surface area is 187 Å². The second kappa shape index (κ2) is 9.04. The monoisotopic (exact) mass is 473 g/mol. The van der Waals surface area contributed by atoms with Crippen molar-refractivity contribution >= 4 is 28.1 Å². The Balaban J connectivity index is 1.52. The molecule has 0 aromatic heterocycles. The van der Waals surface area contributed by atoms with Crippen LogP contribution in [0.4, 0.5) is 37.7 Å². The maximum Gasteiger partial charge on any atom is 0.390 e. The van der Waals surface area contributed by atoms with Gasteiger partial charge in [-0.1, -0.05) is 12.1 Å². The highest BCUT2D eigenvalue weighted by Gasteiger charge is 2.35. The fraction of sp³-hybridized carbons (Fsp3) is 0.522. The molecule has 1 fully saturated rings. The van der Waals surface area contributed by atoms with Crippen LogP contribution in [0.2, 0.25) is 0 Å². The summed E-state index contributed by atoms with van der Waals surface area (Å²) in [5, 5.41) is 1.46. The number of hydrogen-bond acceptors (Lipinski definition) is 3. The van der Waals surface area contributed by atoms with Gasteiger partial charge in [0, 0.05) is 54.6 Å². The Kier molecular flexibility index (Phi) is 6.48. The first-order chi connectivity index (χ1) is 15.5. The third-order valence-electron chi connectivity index (χ3n) is 6.24. The van der Waals surface area contributed by atoms with E-state index in [0.717, 1.165) is 17.5 Å². The number of amides is 1. The van der Waals surface area contributed by atoms with E-state index in [4.69, 9.17) is 0 Å². The second-order valence-corrected chi connectivity index (χ2v) is 8.55. The van der Waals surface area contributed by atoms with Gasteiger partial charge in [0.05, 0.1) is 12.1 Å².